The fourth-order valence-corrected chi connectivity index (χ4v) is 4.62. The molecule has 1 aliphatic carbocycles. The van der Waals surface area contributed by atoms with Crippen LogP contribution in [-0.4, -0.2) is 52.6 Å². The molecular weight excluding hydrogens is 363 g/mol. The Bertz CT molecular complexity index is 833. The average Bonchev–Trinajstić information content (AvgIpc) is 3.17. The molecule has 2 fully saturated rings. The summed E-state index contributed by atoms with van der Waals surface area (Å²) < 4.78 is 24.1. The summed E-state index contributed by atoms with van der Waals surface area (Å²) in [5.74, 6) is 0.382. The van der Waals surface area contributed by atoms with Gasteiger partial charge in [0.25, 0.3) is 5.95 Å². The third-order valence-electron chi connectivity index (χ3n) is 5.80. The minimum Gasteiger partial charge on any atom is -0.504 e. The number of nitrogens with zero attached hydrogens (tertiary/aromatic N) is 2. The first kappa shape index (κ1) is 19.0. The molecule has 2 aliphatic rings. The van der Waals surface area contributed by atoms with Crippen LogP contribution < -0.4 is 9.47 Å². The van der Waals surface area contributed by atoms with Crippen LogP contribution in [0.4, 0.5) is 4.39 Å². The lowest BCUT2D eigenvalue weighted by Crippen LogP contribution is -2.33. The van der Waals surface area contributed by atoms with Crippen LogP contribution in [0.1, 0.15) is 18.4 Å². The number of benzene rings is 1. The zero-order chi connectivity index (χ0) is 19.7. The van der Waals surface area contributed by atoms with E-state index in [9.17, 15) is 14.6 Å². The molecule has 1 aromatic heterocycles. The van der Waals surface area contributed by atoms with Crippen molar-refractivity contribution < 1.29 is 24.1 Å². The summed E-state index contributed by atoms with van der Waals surface area (Å²) in [6.07, 6.45) is 2.15. The number of hydrogen-bond donors (Lipinski definition) is 2. The third-order valence-corrected chi connectivity index (χ3v) is 5.80. The highest BCUT2D eigenvalue weighted by Gasteiger charge is 2.48. The first-order valence-corrected chi connectivity index (χ1v) is 9.50. The quantitative estimate of drug-likeness (QED) is 0.741. The molecule has 1 saturated heterocycles. The first-order valence-electron chi connectivity index (χ1n) is 9.50. The first-order chi connectivity index (χ1) is 13.4. The van der Waals surface area contributed by atoms with Crippen molar-refractivity contribution in [2.75, 3.05) is 26.9 Å². The molecule has 0 unspecified atom stereocenters. The van der Waals surface area contributed by atoms with Gasteiger partial charge in [0.2, 0.25) is 5.88 Å². The number of aromatic hydroxyl groups is 1. The molecule has 0 amide bonds. The molecule has 0 spiro atoms. The van der Waals surface area contributed by atoms with Crippen molar-refractivity contribution in [3.63, 3.8) is 0 Å². The summed E-state index contributed by atoms with van der Waals surface area (Å²) in [5, 5.41) is 20.3. The minimum atomic E-state index is -0.932. The molecule has 1 saturated carbocycles. The van der Waals surface area contributed by atoms with Gasteiger partial charge >= 0.3 is 0 Å². The van der Waals surface area contributed by atoms with Crippen molar-refractivity contribution in [2.45, 2.75) is 24.9 Å². The van der Waals surface area contributed by atoms with Crippen LogP contribution in [0.3, 0.4) is 0 Å². The van der Waals surface area contributed by atoms with E-state index in [1.54, 1.807) is 7.11 Å². The fraction of sp³-hybridized carbons (Fsp3) is 0.476. The van der Waals surface area contributed by atoms with E-state index in [1.807, 2.05) is 24.3 Å². The normalized spacial score (nSPS) is 27.0. The van der Waals surface area contributed by atoms with Crippen LogP contribution in [0.15, 0.2) is 36.4 Å². The summed E-state index contributed by atoms with van der Waals surface area (Å²) >= 11 is 0. The number of fused-ring (bicyclic) bond motifs is 1. The Hall–Kier alpha value is -2.38. The summed E-state index contributed by atoms with van der Waals surface area (Å²) in [4.78, 5) is 5.73. The van der Waals surface area contributed by atoms with E-state index in [4.69, 9.17) is 9.47 Å². The molecule has 1 aromatic carbocycles. The van der Waals surface area contributed by atoms with E-state index in [-0.39, 0.29) is 5.88 Å². The van der Waals surface area contributed by atoms with Gasteiger partial charge in [0, 0.05) is 25.6 Å². The standard InChI is InChI=1S/C21H25FN2O4/c1-27-17-4-2-3-14(7-17)8-21(26)9-15-11-24(12-16(15)10-21)13-28-19-6-5-18(25)20(22)23-19/h2-7,15-16,25-26H,8-13H2,1H3/t15-,16+,21-. The lowest BCUT2D eigenvalue weighted by Gasteiger charge is -2.26. The average molecular weight is 388 g/mol. The predicted molar refractivity (Wildman–Crippen MR) is 101 cm³/mol. The molecule has 7 heteroatoms. The maximum Gasteiger partial charge on any atom is 0.258 e. The third kappa shape index (κ3) is 4.05. The summed E-state index contributed by atoms with van der Waals surface area (Å²) in [6.45, 7) is 2.00. The van der Waals surface area contributed by atoms with Gasteiger partial charge in [0.1, 0.15) is 12.5 Å². The van der Waals surface area contributed by atoms with E-state index < -0.39 is 17.3 Å². The number of pyridine rings is 1. The van der Waals surface area contributed by atoms with E-state index in [2.05, 4.69) is 9.88 Å². The molecular formula is C21H25FN2O4. The Balaban J connectivity index is 1.30. The highest BCUT2D eigenvalue weighted by molar-refractivity contribution is 5.30. The number of aliphatic hydroxyl groups is 1. The number of hydrogen-bond acceptors (Lipinski definition) is 6. The van der Waals surface area contributed by atoms with Gasteiger partial charge in [-0.15, -0.1) is 0 Å². The summed E-state index contributed by atoms with van der Waals surface area (Å²) in [5.41, 5.74) is 0.401. The topological polar surface area (TPSA) is 75.1 Å². The van der Waals surface area contributed by atoms with Crippen LogP contribution in [0.5, 0.6) is 17.4 Å². The fourth-order valence-electron chi connectivity index (χ4n) is 4.62. The maximum absolute atomic E-state index is 13.3. The van der Waals surface area contributed by atoms with Gasteiger partial charge in [0.15, 0.2) is 5.75 Å². The molecule has 0 radical (unpaired) electrons. The Morgan fingerprint density at radius 2 is 1.96 bits per heavy atom. The Labute approximate surface area is 163 Å². The molecule has 6 nitrogen and oxygen atoms in total. The highest BCUT2D eigenvalue weighted by Crippen LogP contribution is 2.45. The number of aromatic nitrogens is 1. The number of halogens is 1. The van der Waals surface area contributed by atoms with Crippen LogP contribution in [0, 0.1) is 17.8 Å². The largest absolute Gasteiger partial charge is 0.504 e. The van der Waals surface area contributed by atoms with E-state index in [0.29, 0.717) is 25.0 Å². The molecule has 4 rings (SSSR count). The van der Waals surface area contributed by atoms with Gasteiger partial charge in [-0.3, -0.25) is 4.90 Å². The number of methoxy groups -OCH3 is 1. The molecule has 28 heavy (non-hydrogen) atoms. The molecule has 2 N–H and O–H groups in total. The van der Waals surface area contributed by atoms with Crippen LogP contribution in [-0.2, 0) is 6.42 Å². The van der Waals surface area contributed by atoms with Crippen molar-refractivity contribution in [2.24, 2.45) is 11.8 Å². The second kappa shape index (κ2) is 7.56. The van der Waals surface area contributed by atoms with Crippen molar-refractivity contribution in [3.05, 3.63) is 47.9 Å². The molecule has 1 aliphatic heterocycles. The van der Waals surface area contributed by atoms with Crippen molar-refractivity contribution in [3.8, 4) is 17.4 Å². The lowest BCUT2D eigenvalue weighted by atomic mass is 9.91. The maximum atomic E-state index is 13.3. The smallest absolute Gasteiger partial charge is 0.258 e. The van der Waals surface area contributed by atoms with Crippen molar-refractivity contribution in [1.29, 1.82) is 0 Å². The molecule has 150 valence electrons. The molecule has 2 aromatic rings. The minimum absolute atomic E-state index is 0.155. The lowest BCUT2D eigenvalue weighted by molar-refractivity contribution is 0.0309. The van der Waals surface area contributed by atoms with E-state index >= 15 is 0 Å². The van der Waals surface area contributed by atoms with Gasteiger partial charge in [-0.1, -0.05) is 12.1 Å². The van der Waals surface area contributed by atoms with Crippen molar-refractivity contribution in [1.82, 2.24) is 9.88 Å². The van der Waals surface area contributed by atoms with E-state index in [1.165, 1.54) is 12.1 Å². The van der Waals surface area contributed by atoms with Crippen molar-refractivity contribution >= 4 is 0 Å². The van der Waals surface area contributed by atoms with Gasteiger partial charge in [-0.25, -0.2) is 0 Å². The monoisotopic (exact) mass is 388 g/mol. The zero-order valence-electron chi connectivity index (χ0n) is 15.8. The van der Waals surface area contributed by atoms with Gasteiger partial charge in [-0.05, 0) is 48.4 Å². The molecule has 2 heterocycles. The molecule has 0 bridgehead atoms. The Kier molecular flexibility index (Phi) is 5.12. The summed E-state index contributed by atoms with van der Waals surface area (Å²) in [6, 6.07) is 10.5. The van der Waals surface area contributed by atoms with Gasteiger partial charge < -0.3 is 19.7 Å². The van der Waals surface area contributed by atoms with Gasteiger partial charge in [-0.2, -0.15) is 9.37 Å². The number of ether oxygens (including phenoxy) is 2. The van der Waals surface area contributed by atoms with Crippen LogP contribution >= 0.6 is 0 Å². The van der Waals surface area contributed by atoms with Gasteiger partial charge in [0.05, 0.1) is 12.7 Å². The second-order valence-corrected chi connectivity index (χ2v) is 7.95. The van der Waals surface area contributed by atoms with Crippen LogP contribution in [0.2, 0.25) is 0 Å². The Morgan fingerprint density at radius 1 is 1.21 bits per heavy atom. The zero-order valence-corrected chi connectivity index (χ0v) is 15.8. The number of rotatable bonds is 6. The second-order valence-electron chi connectivity index (χ2n) is 7.95. The SMILES string of the molecule is COc1cccc(C[C@]2(O)C[C@H]3CN(COc4ccc(O)c(F)n4)C[C@H]3C2)c1. The Morgan fingerprint density at radius 3 is 2.64 bits per heavy atom. The highest BCUT2D eigenvalue weighted by atomic mass is 19.1. The van der Waals surface area contributed by atoms with E-state index in [0.717, 1.165) is 37.2 Å². The van der Waals surface area contributed by atoms with Crippen LogP contribution in [0.25, 0.3) is 0 Å². The summed E-state index contributed by atoms with van der Waals surface area (Å²) in [7, 11) is 1.65. The predicted octanol–water partition coefficient (Wildman–Crippen LogP) is 2.59. The number of likely N-dealkylation sites (tertiary alicyclic amines) is 1. The molecule has 3 atom stereocenters.